The second-order valence-electron chi connectivity index (χ2n) is 6.64. The highest BCUT2D eigenvalue weighted by Gasteiger charge is 2.34. The molecule has 1 aromatic rings. The average molecular weight is 334 g/mol. The summed E-state index contributed by atoms with van der Waals surface area (Å²) in [7, 11) is 3.26. The fourth-order valence-corrected chi connectivity index (χ4v) is 3.55. The van der Waals surface area contributed by atoms with E-state index in [9.17, 15) is 4.79 Å². The Kier molecular flexibility index (Phi) is 7.06. The highest BCUT2D eigenvalue weighted by atomic mass is 16.5. The summed E-state index contributed by atoms with van der Waals surface area (Å²) in [6.07, 6.45) is 5.97. The maximum Gasteiger partial charge on any atom is 0.222 e. The van der Waals surface area contributed by atoms with E-state index in [0.29, 0.717) is 19.5 Å². The van der Waals surface area contributed by atoms with Gasteiger partial charge in [0.25, 0.3) is 0 Å². The number of methoxy groups -OCH3 is 2. The Morgan fingerprint density at radius 2 is 1.88 bits per heavy atom. The topological polar surface area (TPSA) is 73.6 Å². The predicted molar refractivity (Wildman–Crippen MR) is 95.2 cm³/mol. The van der Waals surface area contributed by atoms with Crippen LogP contribution in [0.3, 0.4) is 0 Å². The van der Waals surface area contributed by atoms with Crippen LogP contribution in [0.25, 0.3) is 0 Å². The van der Waals surface area contributed by atoms with Gasteiger partial charge in [-0.2, -0.15) is 0 Å². The molecule has 5 nitrogen and oxygen atoms in total. The molecule has 1 fully saturated rings. The fraction of sp³-hybridized carbons (Fsp3) is 0.632. The number of nitrogens with one attached hydrogen (secondary N) is 1. The molecule has 0 aliphatic heterocycles. The van der Waals surface area contributed by atoms with Crippen LogP contribution in [0.4, 0.5) is 0 Å². The van der Waals surface area contributed by atoms with Crippen molar-refractivity contribution < 1.29 is 14.3 Å². The first-order valence-electron chi connectivity index (χ1n) is 8.77. The van der Waals surface area contributed by atoms with E-state index >= 15 is 0 Å². The standard InChI is InChI=1S/C19H30N2O3/c1-23-16-8-6-15(7-9-16)19(10-4-3-5-11-19)14-21-18(22)12-17(13-20)24-2/h6-9,17H,3-5,10-14,20H2,1-2H3,(H,21,22). The molecule has 1 unspecified atom stereocenters. The van der Waals surface area contributed by atoms with Gasteiger partial charge >= 0.3 is 0 Å². The van der Waals surface area contributed by atoms with Gasteiger partial charge in [-0.25, -0.2) is 0 Å². The van der Waals surface area contributed by atoms with Crippen molar-refractivity contribution in [2.24, 2.45) is 5.73 Å². The third-order valence-electron chi connectivity index (χ3n) is 5.15. The smallest absolute Gasteiger partial charge is 0.222 e. The van der Waals surface area contributed by atoms with E-state index < -0.39 is 0 Å². The third-order valence-corrected chi connectivity index (χ3v) is 5.15. The number of hydrogen-bond acceptors (Lipinski definition) is 4. The highest BCUT2D eigenvalue weighted by Crippen LogP contribution is 2.39. The lowest BCUT2D eigenvalue weighted by atomic mass is 9.69. The van der Waals surface area contributed by atoms with Crippen molar-refractivity contribution in [2.45, 2.75) is 50.0 Å². The molecule has 24 heavy (non-hydrogen) atoms. The first kappa shape index (κ1) is 18.7. The van der Waals surface area contributed by atoms with E-state index in [4.69, 9.17) is 15.2 Å². The molecule has 1 aliphatic carbocycles. The Hall–Kier alpha value is -1.59. The van der Waals surface area contributed by atoms with Crippen LogP contribution in [-0.4, -0.2) is 39.3 Å². The van der Waals surface area contributed by atoms with E-state index in [1.54, 1.807) is 14.2 Å². The minimum Gasteiger partial charge on any atom is -0.497 e. The summed E-state index contributed by atoms with van der Waals surface area (Å²) in [5.74, 6) is 0.866. The SMILES string of the molecule is COc1ccc(C2(CNC(=O)CC(CN)OC)CCCCC2)cc1. The number of ether oxygens (including phenoxy) is 2. The van der Waals surface area contributed by atoms with Crippen LogP contribution >= 0.6 is 0 Å². The van der Waals surface area contributed by atoms with Crippen molar-refractivity contribution in [2.75, 3.05) is 27.3 Å². The summed E-state index contributed by atoms with van der Waals surface area (Å²) >= 11 is 0. The van der Waals surface area contributed by atoms with Gasteiger partial charge in [0, 0.05) is 25.6 Å². The van der Waals surface area contributed by atoms with E-state index in [1.165, 1.54) is 24.8 Å². The van der Waals surface area contributed by atoms with Gasteiger partial charge in [0.2, 0.25) is 5.91 Å². The maximum atomic E-state index is 12.2. The first-order chi connectivity index (χ1) is 11.6. The number of rotatable bonds is 8. The molecule has 0 bridgehead atoms. The Balaban J connectivity index is 2.05. The van der Waals surface area contributed by atoms with Crippen LogP contribution in [0.5, 0.6) is 5.75 Å². The third kappa shape index (κ3) is 4.71. The van der Waals surface area contributed by atoms with Gasteiger partial charge in [-0.3, -0.25) is 4.79 Å². The van der Waals surface area contributed by atoms with Gasteiger partial charge in [0.05, 0.1) is 19.6 Å². The number of nitrogens with two attached hydrogens (primary N) is 1. The van der Waals surface area contributed by atoms with Crippen LogP contribution in [-0.2, 0) is 14.9 Å². The second-order valence-corrected chi connectivity index (χ2v) is 6.64. The van der Waals surface area contributed by atoms with Gasteiger partial charge in [-0.1, -0.05) is 31.4 Å². The molecule has 0 spiro atoms. The molecular formula is C19H30N2O3. The molecule has 0 radical (unpaired) electrons. The zero-order valence-corrected chi connectivity index (χ0v) is 14.8. The summed E-state index contributed by atoms with van der Waals surface area (Å²) < 4.78 is 10.5. The maximum absolute atomic E-state index is 12.2. The summed E-state index contributed by atoms with van der Waals surface area (Å²) in [6.45, 7) is 1.02. The summed E-state index contributed by atoms with van der Waals surface area (Å²) in [5, 5.41) is 3.11. The lowest BCUT2D eigenvalue weighted by Gasteiger charge is -2.38. The van der Waals surface area contributed by atoms with Gasteiger partial charge in [0.15, 0.2) is 0 Å². The summed E-state index contributed by atoms with van der Waals surface area (Å²) in [4.78, 5) is 12.2. The van der Waals surface area contributed by atoms with E-state index in [2.05, 4.69) is 17.4 Å². The number of carbonyl (C=O) groups is 1. The van der Waals surface area contributed by atoms with E-state index in [-0.39, 0.29) is 17.4 Å². The molecule has 1 amide bonds. The highest BCUT2D eigenvalue weighted by molar-refractivity contribution is 5.76. The zero-order valence-electron chi connectivity index (χ0n) is 14.8. The molecular weight excluding hydrogens is 304 g/mol. The minimum absolute atomic E-state index is 0.00533. The van der Waals surface area contributed by atoms with Crippen molar-refractivity contribution in [1.82, 2.24) is 5.32 Å². The van der Waals surface area contributed by atoms with Crippen LogP contribution in [0, 0.1) is 0 Å². The summed E-state index contributed by atoms with van der Waals surface area (Å²) in [6, 6.07) is 8.27. The Labute approximate surface area is 144 Å². The molecule has 5 heteroatoms. The molecule has 2 rings (SSSR count). The molecule has 1 aromatic carbocycles. The second kappa shape index (κ2) is 9.04. The summed E-state index contributed by atoms with van der Waals surface area (Å²) in [5.41, 5.74) is 6.90. The molecule has 0 saturated heterocycles. The van der Waals surface area contributed by atoms with Crippen molar-refractivity contribution in [3.8, 4) is 5.75 Å². The fourth-order valence-electron chi connectivity index (χ4n) is 3.55. The van der Waals surface area contributed by atoms with Crippen molar-refractivity contribution in [3.05, 3.63) is 29.8 Å². The Morgan fingerprint density at radius 1 is 1.21 bits per heavy atom. The molecule has 3 N–H and O–H groups in total. The van der Waals surface area contributed by atoms with Crippen LogP contribution in [0.2, 0.25) is 0 Å². The molecule has 0 aromatic heterocycles. The lowest BCUT2D eigenvalue weighted by Crippen LogP contribution is -2.43. The molecule has 134 valence electrons. The van der Waals surface area contributed by atoms with Crippen LogP contribution in [0.1, 0.15) is 44.1 Å². The van der Waals surface area contributed by atoms with Crippen molar-refractivity contribution in [1.29, 1.82) is 0 Å². The molecule has 1 aliphatic rings. The first-order valence-corrected chi connectivity index (χ1v) is 8.77. The number of amides is 1. The van der Waals surface area contributed by atoms with Crippen molar-refractivity contribution >= 4 is 5.91 Å². The Bertz CT molecular complexity index is 506. The van der Waals surface area contributed by atoms with Gasteiger partial charge in [0.1, 0.15) is 5.75 Å². The minimum atomic E-state index is -0.215. The van der Waals surface area contributed by atoms with Crippen LogP contribution < -0.4 is 15.8 Å². The van der Waals surface area contributed by atoms with Gasteiger partial charge < -0.3 is 20.5 Å². The van der Waals surface area contributed by atoms with Gasteiger partial charge in [-0.15, -0.1) is 0 Å². The monoisotopic (exact) mass is 334 g/mol. The lowest BCUT2D eigenvalue weighted by molar-refractivity contribution is -0.123. The zero-order chi connectivity index (χ0) is 17.4. The largest absolute Gasteiger partial charge is 0.497 e. The van der Waals surface area contributed by atoms with E-state index in [1.807, 2.05) is 12.1 Å². The average Bonchev–Trinajstić information content (AvgIpc) is 2.65. The van der Waals surface area contributed by atoms with Crippen LogP contribution in [0.15, 0.2) is 24.3 Å². The predicted octanol–water partition coefficient (Wildman–Crippen LogP) is 2.38. The molecule has 1 saturated carbocycles. The van der Waals surface area contributed by atoms with E-state index in [0.717, 1.165) is 18.6 Å². The number of benzene rings is 1. The number of hydrogen-bond donors (Lipinski definition) is 2. The quantitative estimate of drug-likeness (QED) is 0.765. The van der Waals surface area contributed by atoms with Crippen molar-refractivity contribution in [3.63, 3.8) is 0 Å². The van der Waals surface area contributed by atoms with Gasteiger partial charge in [-0.05, 0) is 30.5 Å². The molecule has 0 heterocycles. The number of carbonyl (C=O) groups excluding carboxylic acids is 1. The Morgan fingerprint density at radius 3 is 2.42 bits per heavy atom. The molecule has 1 atom stereocenters. The normalized spacial score (nSPS) is 18.0.